The van der Waals surface area contributed by atoms with E-state index in [4.69, 9.17) is 0 Å². The number of H-pyrrole nitrogens is 1. The lowest BCUT2D eigenvalue weighted by molar-refractivity contribution is 0.313. The van der Waals surface area contributed by atoms with Crippen LogP contribution in [0.5, 0.6) is 0 Å². The number of nitrogens with one attached hydrogen (secondary N) is 1. The van der Waals surface area contributed by atoms with Gasteiger partial charge in [-0.2, -0.15) is 4.31 Å². The number of hydrogen-bond acceptors (Lipinski definition) is 4. The van der Waals surface area contributed by atoms with E-state index in [9.17, 15) is 12.8 Å². The van der Waals surface area contributed by atoms with Crippen LogP contribution in [0.25, 0.3) is 11.0 Å². The highest BCUT2D eigenvalue weighted by Gasteiger charge is 2.32. The first kappa shape index (κ1) is 17.2. The second kappa shape index (κ2) is 6.17. The summed E-state index contributed by atoms with van der Waals surface area (Å²) in [7, 11) is -1.80. The van der Waals surface area contributed by atoms with Crippen LogP contribution in [0.15, 0.2) is 29.4 Å². The molecule has 26 heavy (non-hydrogen) atoms. The predicted molar refractivity (Wildman–Crippen MR) is 94.7 cm³/mol. The predicted octanol–water partition coefficient (Wildman–Crippen LogP) is 2.31. The number of imidazole rings is 2. The lowest BCUT2D eigenvalue weighted by Crippen LogP contribution is -2.38. The Morgan fingerprint density at radius 1 is 1.23 bits per heavy atom. The van der Waals surface area contributed by atoms with E-state index in [-0.39, 0.29) is 16.8 Å². The van der Waals surface area contributed by atoms with Gasteiger partial charge in [0.2, 0.25) is 0 Å². The number of nitrogens with zero attached hydrogens (tertiary/aromatic N) is 4. The lowest BCUT2D eigenvalue weighted by atomic mass is 9.97. The number of hydrogen-bond donors (Lipinski definition) is 1. The summed E-state index contributed by atoms with van der Waals surface area (Å²) >= 11 is 0. The summed E-state index contributed by atoms with van der Waals surface area (Å²) in [5.41, 5.74) is 1.39. The Balaban J connectivity index is 1.51. The van der Waals surface area contributed by atoms with E-state index in [0.717, 1.165) is 11.3 Å². The summed E-state index contributed by atoms with van der Waals surface area (Å²) in [6.07, 6.45) is 2.87. The molecule has 7 nitrogen and oxygen atoms in total. The summed E-state index contributed by atoms with van der Waals surface area (Å²) in [6, 6.07) is 4.46. The smallest absolute Gasteiger partial charge is 0.262 e. The van der Waals surface area contributed by atoms with Gasteiger partial charge in [0.1, 0.15) is 17.5 Å². The fraction of sp³-hybridized carbons (Fsp3) is 0.412. The van der Waals surface area contributed by atoms with Crippen LogP contribution in [0.2, 0.25) is 0 Å². The molecule has 0 radical (unpaired) electrons. The second-order valence-corrected chi connectivity index (χ2v) is 8.58. The third-order valence-electron chi connectivity index (χ3n) is 4.99. The number of piperidine rings is 1. The molecule has 1 saturated heterocycles. The van der Waals surface area contributed by atoms with E-state index >= 15 is 0 Å². The summed E-state index contributed by atoms with van der Waals surface area (Å²) in [5.74, 6) is 1.27. The van der Waals surface area contributed by atoms with E-state index in [1.54, 1.807) is 30.8 Å². The molecule has 0 spiro atoms. The van der Waals surface area contributed by atoms with E-state index in [0.29, 0.717) is 37.3 Å². The SMILES string of the molecule is Cc1nc(S(=O)(=O)N2CCC(c3nc4ccc(F)cc4[nH]3)CC2)cn1C. The highest BCUT2D eigenvalue weighted by molar-refractivity contribution is 7.89. The molecule has 1 aliphatic heterocycles. The van der Waals surface area contributed by atoms with Crippen molar-refractivity contribution >= 4 is 21.1 Å². The van der Waals surface area contributed by atoms with Gasteiger partial charge in [-0.25, -0.2) is 22.8 Å². The van der Waals surface area contributed by atoms with Crippen molar-refractivity contribution in [2.45, 2.75) is 30.7 Å². The maximum atomic E-state index is 13.3. The normalized spacial score (nSPS) is 17.2. The quantitative estimate of drug-likeness (QED) is 0.759. The maximum Gasteiger partial charge on any atom is 0.262 e. The number of halogens is 1. The number of benzene rings is 1. The first-order chi connectivity index (χ1) is 12.3. The average molecular weight is 377 g/mol. The molecule has 3 aromatic rings. The highest BCUT2D eigenvalue weighted by atomic mass is 32.2. The van der Waals surface area contributed by atoms with E-state index < -0.39 is 10.0 Å². The molecule has 2 aromatic heterocycles. The lowest BCUT2D eigenvalue weighted by Gasteiger charge is -2.29. The first-order valence-corrected chi connectivity index (χ1v) is 9.94. The first-order valence-electron chi connectivity index (χ1n) is 8.50. The molecule has 1 aromatic carbocycles. The van der Waals surface area contributed by atoms with Gasteiger partial charge in [0.15, 0.2) is 5.03 Å². The zero-order valence-electron chi connectivity index (χ0n) is 14.6. The molecule has 0 saturated carbocycles. The van der Waals surface area contributed by atoms with Crippen LogP contribution in [0.1, 0.15) is 30.4 Å². The Labute approximate surface area is 150 Å². The van der Waals surface area contributed by atoms with Gasteiger partial charge in [0, 0.05) is 32.3 Å². The van der Waals surface area contributed by atoms with Crippen LogP contribution in [0.4, 0.5) is 4.39 Å². The minimum absolute atomic E-state index is 0.0927. The Morgan fingerprint density at radius 2 is 1.96 bits per heavy atom. The third-order valence-corrected chi connectivity index (χ3v) is 6.76. The number of fused-ring (bicyclic) bond motifs is 1. The summed E-state index contributed by atoms with van der Waals surface area (Å²) in [6.45, 7) is 2.59. The molecule has 0 unspecified atom stereocenters. The molecular weight excluding hydrogens is 357 g/mol. The second-order valence-electron chi connectivity index (χ2n) is 6.70. The Morgan fingerprint density at radius 3 is 2.62 bits per heavy atom. The minimum atomic E-state index is -3.58. The number of aryl methyl sites for hydroxylation is 2. The molecular formula is C17H20FN5O2S. The minimum Gasteiger partial charge on any atom is -0.342 e. The topological polar surface area (TPSA) is 83.9 Å². The van der Waals surface area contributed by atoms with Crippen molar-refractivity contribution < 1.29 is 12.8 Å². The van der Waals surface area contributed by atoms with Gasteiger partial charge < -0.3 is 9.55 Å². The average Bonchev–Trinajstić information content (AvgIpc) is 3.18. The molecule has 1 fully saturated rings. The van der Waals surface area contributed by atoms with Gasteiger partial charge in [-0.3, -0.25) is 0 Å². The van der Waals surface area contributed by atoms with Crippen molar-refractivity contribution in [3.63, 3.8) is 0 Å². The molecule has 1 aliphatic rings. The van der Waals surface area contributed by atoms with E-state index in [1.807, 2.05) is 0 Å². The Kier molecular flexibility index (Phi) is 4.07. The van der Waals surface area contributed by atoms with Crippen LogP contribution in [-0.4, -0.2) is 45.3 Å². The monoisotopic (exact) mass is 377 g/mol. The standard InChI is InChI=1S/C17H20FN5O2S/c1-11-19-16(10-22(11)2)26(24,25)23-7-5-12(6-8-23)17-20-14-4-3-13(18)9-15(14)21-17/h3-4,9-10,12H,5-8H2,1-2H3,(H,20,21). The largest absolute Gasteiger partial charge is 0.342 e. The van der Waals surface area contributed by atoms with Crippen molar-refractivity contribution in [2.24, 2.45) is 7.05 Å². The summed E-state index contributed by atoms with van der Waals surface area (Å²) in [4.78, 5) is 11.9. The molecule has 0 aliphatic carbocycles. The van der Waals surface area contributed by atoms with Crippen molar-refractivity contribution in [3.8, 4) is 0 Å². The van der Waals surface area contributed by atoms with E-state index in [2.05, 4.69) is 15.0 Å². The van der Waals surface area contributed by atoms with Crippen molar-refractivity contribution in [2.75, 3.05) is 13.1 Å². The Hall–Kier alpha value is -2.26. The molecule has 4 rings (SSSR count). The summed E-state index contributed by atoms with van der Waals surface area (Å²) in [5, 5.41) is 0.0927. The zero-order valence-corrected chi connectivity index (χ0v) is 15.4. The molecule has 138 valence electrons. The van der Waals surface area contributed by atoms with Gasteiger partial charge in [-0.1, -0.05) is 0 Å². The van der Waals surface area contributed by atoms with Crippen molar-refractivity contribution in [1.29, 1.82) is 0 Å². The highest BCUT2D eigenvalue weighted by Crippen LogP contribution is 2.30. The van der Waals surface area contributed by atoms with Crippen LogP contribution in [-0.2, 0) is 17.1 Å². The number of rotatable bonds is 3. The number of aromatic amines is 1. The fourth-order valence-corrected chi connectivity index (χ4v) is 4.84. The molecule has 1 N–H and O–H groups in total. The van der Waals surface area contributed by atoms with E-state index in [1.165, 1.54) is 16.4 Å². The van der Waals surface area contributed by atoms with Crippen molar-refractivity contribution in [1.82, 2.24) is 23.8 Å². The molecule has 0 atom stereocenters. The van der Waals surface area contributed by atoms with Gasteiger partial charge in [0.05, 0.1) is 11.0 Å². The van der Waals surface area contributed by atoms with Gasteiger partial charge >= 0.3 is 0 Å². The van der Waals surface area contributed by atoms with Crippen LogP contribution in [0, 0.1) is 12.7 Å². The van der Waals surface area contributed by atoms with Crippen molar-refractivity contribution in [3.05, 3.63) is 41.9 Å². The van der Waals surface area contributed by atoms with Crippen LogP contribution < -0.4 is 0 Å². The van der Waals surface area contributed by atoms with Gasteiger partial charge in [0.25, 0.3) is 10.0 Å². The summed E-state index contributed by atoms with van der Waals surface area (Å²) < 4.78 is 42.0. The van der Waals surface area contributed by atoms with Crippen LogP contribution >= 0.6 is 0 Å². The zero-order chi connectivity index (χ0) is 18.5. The van der Waals surface area contributed by atoms with Gasteiger partial charge in [-0.15, -0.1) is 0 Å². The molecule has 3 heterocycles. The third kappa shape index (κ3) is 2.90. The van der Waals surface area contributed by atoms with Gasteiger partial charge in [-0.05, 0) is 38.0 Å². The number of aromatic nitrogens is 4. The Bertz CT molecular complexity index is 1040. The molecule has 0 amide bonds. The maximum absolute atomic E-state index is 13.3. The number of sulfonamides is 1. The fourth-order valence-electron chi connectivity index (χ4n) is 3.35. The molecule has 9 heteroatoms. The molecule has 0 bridgehead atoms. The van der Waals surface area contributed by atoms with Crippen LogP contribution in [0.3, 0.4) is 0 Å².